The third-order valence-electron chi connectivity index (χ3n) is 2.25. The molecule has 80 valence electrons. The van der Waals surface area contributed by atoms with E-state index in [0.717, 1.165) is 37.4 Å². The first kappa shape index (κ1) is 11.2. The van der Waals surface area contributed by atoms with Crippen molar-refractivity contribution >= 4 is 39.9 Å². The van der Waals surface area contributed by atoms with Crippen molar-refractivity contribution in [2.45, 2.75) is 13.8 Å². The SMILES string of the molecule is [C-]#[N+]/N=C1/SC2=C(C)C(=NC=N)SC2=C1C. The fourth-order valence-corrected chi connectivity index (χ4v) is 3.90. The lowest BCUT2D eigenvalue weighted by atomic mass is 10.2. The number of nitrogens with one attached hydrogen (secondary N) is 1. The zero-order valence-corrected chi connectivity index (χ0v) is 10.4. The molecule has 2 heterocycles. The summed E-state index contributed by atoms with van der Waals surface area (Å²) in [5.74, 6) is 0. The van der Waals surface area contributed by atoms with E-state index in [1.807, 2.05) is 13.8 Å². The molecular weight excluding hydrogens is 240 g/mol. The standard InChI is InChI=1S/C10H8N4S2/c1-5-7-8(15-9(5)13-4-11)6(2)10(16-7)14-12-3/h4,11H,1-2H3/b11-4?,13-9?,14-10+. The average Bonchev–Trinajstić information content (AvgIpc) is 2.71. The second-order valence-electron chi connectivity index (χ2n) is 3.18. The summed E-state index contributed by atoms with van der Waals surface area (Å²) in [6.45, 7) is 10.7. The van der Waals surface area contributed by atoms with Crippen LogP contribution in [0.2, 0.25) is 0 Å². The Balaban J connectivity index is 2.48. The Hall–Kier alpha value is -1.32. The Morgan fingerprint density at radius 3 is 2.31 bits per heavy atom. The molecule has 0 aromatic carbocycles. The molecule has 16 heavy (non-hydrogen) atoms. The van der Waals surface area contributed by atoms with Gasteiger partial charge in [0.15, 0.2) is 5.04 Å². The molecule has 0 unspecified atom stereocenters. The van der Waals surface area contributed by atoms with E-state index in [2.05, 4.69) is 15.0 Å². The molecule has 0 atom stereocenters. The van der Waals surface area contributed by atoms with Gasteiger partial charge in [0.1, 0.15) is 11.4 Å². The number of rotatable bonds is 1. The Kier molecular flexibility index (Phi) is 2.99. The fourth-order valence-electron chi connectivity index (χ4n) is 1.45. The molecule has 0 fully saturated rings. The van der Waals surface area contributed by atoms with E-state index in [1.54, 1.807) is 11.8 Å². The topological polar surface area (TPSA) is 52.9 Å². The highest BCUT2D eigenvalue weighted by molar-refractivity contribution is 8.24. The third-order valence-corrected chi connectivity index (χ3v) is 4.99. The molecule has 0 aromatic rings. The smallest absolute Gasteiger partial charge is 0.188 e. The van der Waals surface area contributed by atoms with Crippen molar-refractivity contribution in [1.29, 1.82) is 5.41 Å². The number of aliphatic imine (C=N–C) groups is 1. The minimum Gasteiger partial charge on any atom is -0.289 e. The van der Waals surface area contributed by atoms with Crippen LogP contribution in [-0.2, 0) is 0 Å². The maximum absolute atomic E-state index is 6.99. The lowest BCUT2D eigenvalue weighted by Gasteiger charge is -1.96. The Bertz CT molecular complexity index is 532. The first-order valence-electron chi connectivity index (χ1n) is 4.48. The molecule has 0 bridgehead atoms. The summed E-state index contributed by atoms with van der Waals surface area (Å²) < 4.78 is 0. The van der Waals surface area contributed by atoms with Crippen molar-refractivity contribution in [1.82, 2.24) is 0 Å². The van der Waals surface area contributed by atoms with Crippen LogP contribution in [0, 0.1) is 12.0 Å². The van der Waals surface area contributed by atoms with Crippen LogP contribution in [0.1, 0.15) is 13.8 Å². The van der Waals surface area contributed by atoms with Crippen molar-refractivity contribution in [3.63, 3.8) is 0 Å². The molecule has 0 aliphatic carbocycles. The average molecular weight is 248 g/mol. The molecule has 0 spiro atoms. The van der Waals surface area contributed by atoms with Gasteiger partial charge in [-0.15, -0.1) is 4.95 Å². The molecular formula is C10H8N4S2. The summed E-state index contributed by atoms with van der Waals surface area (Å²) >= 11 is 3.07. The van der Waals surface area contributed by atoms with Gasteiger partial charge in [0.05, 0.1) is 5.10 Å². The lowest BCUT2D eigenvalue weighted by molar-refractivity contribution is 1.50. The number of hydrogen-bond acceptors (Lipinski definition) is 4. The van der Waals surface area contributed by atoms with Crippen LogP contribution in [0.25, 0.3) is 4.95 Å². The zero-order chi connectivity index (χ0) is 11.7. The van der Waals surface area contributed by atoms with Crippen LogP contribution in [-0.4, -0.2) is 16.4 Å². The maximum Gasteiger partial charge on any atom is 0.188 e. The summed E-state index contributed by atoms with van der Waals surface area (Å²) in [6, 6.07) is 0. The number of nitrogens with zero attached hydrogens (tertiary/aromatic N) is 3. The molecule has 0 saturated heterocycles. The van der Waals surface area contributed by atoms with Crippen molar-refractivity contribution in [3.8, 4) is 0 Å². The summed E-state index contributed by atoms with van der Waals surface area (Å²) in [5.41, 5.74) is 2.11. The number of thioether (sulfide) groups is 2. The molecule has 4 nitrogen and oxygen atoms in total. The number of fused-ring (bicyclic) bond motifs is 1. The molecule has 0 saturated carbocycles. The Morgan fingerprint density at radius 2 is 1.75 bits per heavy atom. The highest BCUT2D eigenvalue weighted by atomic mass is 32.2. The van der Waals surface area contributed by atoms with Gasteiger partial charge in [0, 0.05) is 15.4 Å². The van der Waals surface area contributed by atoms with Crippen molar-refractivity contribution in [3.05, 3.63) is 32.5 Å². The van der Waals surface area contributed by atoms with E-state index < -0.39 is 0 Å². The van der Waals surface area contributed by atoms with Crippen LogP contribution in [0.5, 0.6) is 0 Å². The molecule has 2 aliphatic rings. The molecule has 0 radical (unpaired) electrons. The molecule has 6 heteroatoms. The van der Waals surface area contributed by atoms with Gasteiger partial charge in [-0.2, -0.15) is 6.57 Å². The van der Waals surface area contributed by atoms with Gasteiger partial charge in [-0.3, -0.25) is 5.41 Å². The number of hydrogen-bond donors (Lipinski definition) is 1. The van der Waals surface area contributed by atoms with Crippen LogP contribution in [0.15, 0.2) is 31.1 Å². The van der Waals surface area contributed by atoms with Crippen molar-refractivity contribution in [2.75, 3.05) is 0 Å². The first-order chi connectivity index (χ1) is 7.69. The predicted octanol–water partition coefficient (Wildman–Crippen LogP) is 3.27. The summed E-state index contributed by atoms with van der Waals surface area (Å²) in [7, 11) is 0. The second-order valence-corrected chi connectivity index (χ2v) is 5.18. The van der Waals surface area contributed by atoms with E-state index in [0.29, 0.717) is 0 Å². The van der Waals surface area contributed by atoms with E-state index in [4.69, 9.17) is 12.0 Å². The van der Waals surface area contributed by atoms with Gasteiger partial charge in [0.2, 0.25) is 0 Å². The molecule has 0 aromatic heterocycles. The summed E-state index contributed by atoms with van der Waals surface area (Å²) in [5, 5.41) is 12.4. The molecule has 2 aliphatic heterocycles. The van der Waals surface area contributed by atoms with Crippen LogP contribution in [0.4, 0.5) is 0 Å². The van der Waals surface area contributed by atoms with Crippen LogP contribution >= 0.6 is 23.5 Å². The van der Waals surface area contributed by atoms with Gasteiger partial charge in [-0.25, -0.2) is 4.99 Å². The van der Waals surface area contributed by atoms with Crippen molar-refractivity contribution < 1.29 is 0 Å². The quantitative estimate of drug-likeness (QED) is 0.335. The highest BCUT2D eigenvalue weighted by Crippen LogP contribution is 2.52. The monoisotopic (exact) mass is 248 g/mol. The minimum atomic E-state index is 0.778. The van der Waals surface area contributed by atoms with Crippen LogP contribution in [0.3, 0.4) is 0 Å². The maximum atomic E-state index is 6.99. The van der Waals surface area contributed by atoms with E-state index in [-0.39, 0.29) is 0 Å². The molecule has 0 amide bonds. The third kappa shape index (κ3) is 1.62. The van der Waals surface area contributed by atoms with E-state index >= 15 is 0 Å². The van der Waals surface area contributed by atoms with Gasteiger partial charge in [-0.1, -0.05) is 23.5 Å². The van der Waals surface area contributed by atoms with E-state index in [9.17, 15) is 0 Å². The van der Waals surface area contributed by atoms with Gasteiger partial charge in [0.25, 0.3) is 0 Å². The van der Waals surface area contributed by atoms with Gasteiger partial charge >= 0.3 is 0 Å². The van der Waals surface area contributed by atoms with Gasteiger partial charge in [-0.05, 0) is 19.4 Å². The largest absolute Gasteiger partial charge is 0.289 e. The van der Waals surface area contributed by atoms with E-state index in [1.165, 1.54) is 11.8 Å². The Morgan fingerprint density at radius 1 is 1.19 bits per heavy atom. The predicted molar refractivity (Wildman–Crippen MR) is 70.8 cm³/mol. The molecule has 1 N–H and O–H groups in total. The summed E-state index contributed by atoms with van der Waals surface area (Å²) in [4.78, 5) is 9.33. The first-order valence-corrected chi connectivity index (χ1v) is 6.12. The normalized spacial score (nSPS) is 24.3. The highest BCUT2D eigenvalue weighted by Gasteiger charge is 2.34. The van der Waals surface area contributed by atoms with Crippen molar-refractivity contribution in [2.24, 2.45) is 10.1 Å². The van der Waals surface area contributed by atoms with Gasteiger partial charge < -0.3 is 0 Å². The second kappa shape index (κ2) is 4.28. The molecule has 2 rings (SSSR count). The minimum absolute atomic E-state index is 0.778. The van der Waals surface area contributed by atoms with Crippen LogP contribution < -0.4 is 0 Å². The lowest BCUT2D eigenvalue weighted by Crippen LogP contribution is -1.92. The summed E-state index contributed by atoms with van der Waals surface area (Å²) in [6.07, 6.45) is 1.06. The Labute approximate surface area is 102 Å². The zero-order valence-electron chi connectivity index (χ0n) is 8.74. The fraction of sp³-hybridized carbons (Fsp3) is 0.200.